The van der Waals surface area contributed by atoms with Gasteiger partial charge in [-0.25, -0.2) is 4.39 Å². The first kappa shape index (κ1) is 15.1. The lowest BCUT2D eigenvalue weighted by atomic mass is 9.77. The van der Waals surface area contributed by atoms with Crippen LogP contribution in [0.1, 0.15) is 66.7 Å². The van der Waals surface area contributed by atoms with E-state index in [2.05, 4.69) is 0 Å². The summed E-state index contributed by atoms with van der Waals surface area (Å²) in [6, 6.07) is 0. The number of allylic oxidation sites excluding steroid dienone is 1. The van der Waals surface area contributed by atoms with Gasteiger partial charge in [0.15, 0.2) is 0 Å². The summed E-state index contributed by atoms with van der Waals surface area (Å²) in [5, 5.41) is 0. The van der Waals surface area contributed by atoms with Crippen LogP contribution in [-0.4, -0.2) is 18.3 Å². The minimum atomic E-state index is -0.827. The Labute approximate surface area is 116 Å². The molecular formula is C15H26BFO2. The Bertz CT molecular complexity index is 354. The summed E-state index contributed by atoms with van der Waals surface area (Å²) in [5.41, 5.74) is -0.312. The zero-order valence-corrected chi connectivity index (χ0v) is 12.9. The minimum absolute atomic E-state index is 0.203. The highest BCUT2D eigenvalue weighted by Gasteiger charge is 2.53. The second-order valence-corrected chi connectivity index (χ2v) is 6.95. The van der Waals surface area contributed by atoms with E-state index in [-0.39, 0.29) is 5.73 Å². The summed E-state index contributed by atoms with van der Waals surface area (Å²) < 4.78 is 26.2. The number of rotatable bonds is 2. The Morgan fingerprint density at radius 3 is 1.95 bits per heavy atom. The maximum absolute atomic E-state index is 14.6. The van der Waals surface area contributed by atoms with Crippen molar-refractivity contribution in [1.82, 2.24) is 0 Å². The predicted molar refractivity (Wildman–Crippen MR) is 76.5 cm³/mol. The Kier molecular flexibility index (Phi) is 4.13. The van der Waals surface area contributed by atoms with E-state index in [1.165, 1.54) is 19.3 Å². The predicted octanol–water partition coefficient (Wildman–Crippen LogP) is 4.44. The van der Waals surface area contributed by atoms with Crippen LogP contribution in [0.5, 0.6) is 0 Å². The first-order valence-corrected chi connectivity index (χ1v) is 7.46. The van der Waals surface area contributed by atoms with E-state index in [1.54, 1.807) is 0 Å². The summed E-state index contributed by atoms with van der Waals surface area (Å²) in [7, 11) is -0.827. The van der Waals surface area contributed by atoms with E-state index in [9.17, 15) is 4.39 Å². The van der Waals surface area contributed by atoms with E-state index in [0.717, 1.165) is 18.4 Å². The second kappa shape index (κ2) is 5.21. The van der Waals surface area contributed by atoms with Crippen molar-refractivity contribution >= 4 is 7.12 Å². The molecule has 0 unspecified atom stereocenters. The molecule has 2 aliphatic rings. The molecule has 1 aliphatic carbocycles. The highest BCUT2D eigenvalue weighted by atomic mass is 19.1. The molecular weight excluding hydrogens is 242 g/mol. The summed E-state index contributed by atoms with van der Waals surface area (Å²) in [4.78, 5) is 0. The zero-order chi connectivity index (χ0) is 14.3. The van der Waals surface area contributed by atoms with E-state index in [4.69, 9.17) is 9.31 Å². The van der Waals surface area contributed by atoms with Gasteiger partial charge >= 0.3 is 7.12 Å². The first-order valence-electron chi connectivity index (χ1n) is 7.46. The smallest absolute Gasteiger partial charge is 0.398 e. The average Bonchev–Trinajstić information content (AvgIpc) is 2.58. The van der Waals surface area contributed by atoms with Crippen LogP contribution in [-0.2, 0) is 9.31 Å². The number of halogens is 1. The van der Waals surface area contributed by atoms with Gasteiger partial charge in [-0.15, -0.1) is 0 Å². The molecule has 0 N–H and O–H groups in total. The van der Waals surface area contributed by atoms with Gasteiger partial charge < -0.3 is 9.31 Å². The molecule has 1 saturated carbocycles. The molecule has 0 aromatic heterocycles. The summed E-state index contributed by atoms with van der Waals surface area (Å²) >= 11 is 0. The van der Waals surface area contributed by atoms with Gasteiger partial charge in [0, 0.05) is 0 Å². The van der Waals surface area contributed by atoms with Crippen molar-refractivity contribution < 1.29 is 13.7 Å². The number of hydrogen-bond acceptors (Lipinski definition) is 2. The summed E-state index contributed by atoms with van der Waals surface area (Å²) in [6.07, 6.45) is 5.89. The largest absolute Gasteiger partial charge is 0.525 e. The lowest BCUT2D eigenvalue weighted by Gasteiger charge is -2.32. The van der Waals surface area contributed by atoms with Gasteiger partial charge in [-0.1, -0.05) is 19.3 Å². The molecule has 108 valence electrons. The summed E-state index contributed by atoms with van der Waals surface area (Å²) in [6.45, 7) is 9.72. The van der Waals surface area contributed by atoms with Gasteiger partial charge in [-0.2, -0.15) is 0 Å². The van der Waals surface area contributed by atoms with Gasteiger partial charge in [0.1, 0.15) is 5.73 Å². The Morgan fingerprint density at radius 1 is 1.00 bits per heavy atom. The molecule has 1 heterocycles. The van der Waals surface area contributed by atoms with Gasteiger partial charge in [-0.3, -0.25) is 0 Å². The van der Waals surface area contributed by atoms with Crippen molar-refractivity contribution in [2.75, 3.05) is 0 Å². The number of hydrogen-bond donors (Lipinski definition) is 0. The quantitative estimate of drug-likeness (QED) is 0.689. The minimum Gasteiger partial charge on any atom is -0.398 e. The van der Waals surface area contributed by atoms with Gasteiger partial charge in [0.25, 0.3) is 0 Å². The van der Waals surface area contributed by atoms with Crippen LogP contribution in [0.25, 0.3) is 0 Å². The maximum atomic E-state index is 14.6. The van der Waals surface area contributed by atoms with Crippen molar-refractivity contribution in [2.45, 2.75) is 77.9 Å². The molecule has 1 saturated heterocycles. The van der Waals surface area contributed by atoms with Crippen molar-refractivity contribution in [3.63, 3.8) is 0 Å². The third-order valence-electron chi connectivity index (χ3n) is 5.05. The Balaban J connectivity index is 2.13. The van der Waals surface area contributed by atoms with Crippen LogP contribution in [0, 0.1) is 5.92 Å². The fourth-order valence-corrected chi connectivity index (χ4v) is 2.86. The molecule has 0 atom stereocenters. The molecule has 4 heteroatoms. The van der Waals surface area contributed by atoms with Crippen molar-refractivity contribution in [1.29, 1.82) is 0 Å². The summed E-state index contributed by atoms with van der Waals surface area (Å²) in [5.74, 6) is 0.368. The van der Waals surface area contributed by atoms with Crippen molar-refractivity contribution in [2.24, 2.45) is 5.92 Å². The van der Waals surface area contributed by atoms with Crippen LogP contribution >= 0.6 is 0 Å². The molecule has 0 spiro atoms. The van der Waals surface area contributed by atoms with Crippen molar-refractivity contribution in [3.8, 4) is 0 Å². The third-order valence-corrected chi connectivity index (χ3v) is 5.05. The van der Waals surface area contributed by atoms with Crippen LogP contribution in [0.3, 0.4) is 0 Å². The van der Waals surface area contributed by atoms with E-state index >= 15 is 0 Å². The van der Waals surface area contributed by atoms with Crippen LogP contribution in [0.4, 0.5) is 4.39 Å². The van der Waals surface area contributed by atoms with E-state index < -0.39 is 18.3 Å². The van der Waals surface area contributed by atoms with Crippen LogP contribution in [0.15, 0.2) is 11.3 Å². The van der Waals surface area contributed by atoms with Crippen molar-refractivity contribution in [3.05, 3.63) is 11.3 Å². The van der Waals surface area contributed by atoms with Gasteiger partial charge in [0.2, 0.25) is 0 Å². The highest BCUT2D eigenvalue weighted by Crippen LogP contribution is 2.41. The fourth-order valence-electron chi connectivity index (χ4n) is 2.86. The second-order valence-electron chi connectivity index (χ2n) is 6.95. The van der Waals surface area contributed by atoms with Crippen LogP contribution < -0.4 is 0 Å². The molecule has 0 bridgehead atoms. The Morgan fingerprint density at radius 2 is 1.47 bits per heavy atom. The SMILES string of the molecule is CC(=C(F)B1OC(C)(C)C(C)(C)O1)C1CCCCC1. The third kappa shape index (κ3) is 2.90. The normalized spacial score (nSPS) is 28.4. The molecule has 0 aromatic rings. The molecule has 2 rings (SSSR count). The molecule has 0 amide bonds. The van der Waals surface area contributed by atoms with E-state index in [1.807, 2.05) is 34.6 Å². The zero-order valence-electron chi connectivity index (χ0n) is 12.9. The average molecular weight is 268 g/mol. The Hall–Kier alpha value is -0.345. The molecule has 19 heavy (non-hydrogen) atoms. The molecule has 0 aromatic carbocycles. The molecule has 0 radical (unpaired) electrons. The molecule has 2 nitrogen and oxygen atoms in total. The van der Waals surface area contributed by atoms with Gasteiger partial charge in [0.05, 0.1) is 11.2 Å². The topological polar surface area (TPSA) is 18.5 Å². The first-order chi connectivity index (χ1) is 8.74. The van der Waals surface area contributed by atoms with Gasteiger partial charge in [-0.05, 0) is 59.0 Å². The van der Waals surface area contributed by atoms with Crippen LogP contribution in [0.2, 0.25) is 0 Å². The molecule has 1 aliphatic heterocycles. The lowest BCUT2D eigenvalue weighted by Crippen LogP contribution is -2.41. The lowest BCUT2D eigenvalue weighted by molar-refractivity contribution is 0.00578. The fraction of sp³-hybridized carbons (Fsp3) is 0.867. The highest BCUT2D eigenvalue weighted by molar-refractivity contribution is 6.53. The molecule has 2 fully saturated rings. The standard InChI is InChI=1S/C15H26BFO2/c1-11(12-9-7-6-8-10-12)13(17)16-18-14(2,3)15(4,5)19-16/h12H,6-10H2,1-5H3. The monoisotopic (exact) mass is 268 g/mol. The maximum Gasteiger partial charge on any atom is 0.525 e. The van der Waals surface area contributed by atoms with E-state index in [0.29, 0.717) is 5.92 Å².